The normalized spacial score (nSPS) is 14.8. The fourth-order valence-electron chi connectivity index (χ4n) is 2.48. The van der Waals surface area contributed by atoms with Gasteiger partial charge in [0.25, 0.3) is 0 Å². The Morgan fingerprint density at radius 3 is 2.48 bits per heavy atom. The molecule has 1 aliphatic rings. The van der Waals surface area contributed by atoms with Gasteiger partial charge in [-0.3, -0.25) is 0 Å². The number of benzene rings is 2. The number of rotatable bonds is 3. The van der Waals surface area contributed by atoms with Gasteiger partial charge in [0, 0.05) is 11.6 Å². The highest BCUT2D eigenvalue weighted by atomic mass is 19.1. The maximum atomic E-state index is 14.0. The zero-order valence-corrected chi connectivity index (χ0v) is 11.5. The Bertz CT molecular complexity index is 661. The van der Waals surface area contributed by atoms with Gasteiger partial charge in [-0.25, -0.2) is 8.78 Å². The van der Waals surface area contributed by atoms with Crippen molar-refractivity contribution >= 4 is 0 Å². The zero-order valence-electron chi connectivity index (χ0n) is 11.5. The van der Waals surface area contributed by atoms with Crippen LogP contribution in [-0.4, -0.2) is 20.3 Å². The van der Waals surface area contributed by atoms with Crippen molar-refractivity contribution in [1.29, 1.82) is 0 Å². The lowest BCUT2D eigenvalue weighted by Gasteiger charge is -2.22. The van der Waals surface area contributed by atoms with E-state index in [4.69, 9.17) is 9.47 Å². The van der Waals surface area contributed by atoms with Crippen LogP contribution in [0.3, 0.4) is 0 Å². The second-order valence-corrected chi connectivity index (χ2v) is 4.79. The number of ether oxygens (including phenoxy) is 2. The van der Waals surface area contributed by atoms with Gasteiger partial charge in [-0.2, -0.15) is 0 Å². The summed E-state index contributed by atoms with van der Waals surface area (Å²) in [7, 11) is 1.73. The molecule has 1 heterocycles. The van der Waals surface area contributed by atoms with Crippen LogP contribution >= 0.6 is 0 Å². The summed E-state index contributed by atoms with van der Waals surface area (Å²) in [6.07, 6.45) is 0. The highest BCUT2D eigenvalue weighted by Gasteiger charge is 2.20. The summed E-state index contributed by atoms with van der Waals surface area (Å²) in [6.45, 7) is 1.01. The summed E-state index contributed by atoms with van der Waals surface area (Å²) in [5, 5.41) is 3.04. The SMILES string of the molecule is CNC(c1ccc2c(c1)OCCO2)c1ccc(F)cc1F. The summed E-state index contributed by atoms with van der Waals surface area (Å²) in [6, 6.07) is 8.66. The van der Waals surface area contributed by atoms with Gasteiger partial charge >= 0.3 is 0 Å². The number of hydrogen-bond acceptors (Lipinski definition) is 3. The Hall–Kier alpha value is -2.14. The third-order valence-corrected chi connectivity index (χ3v) is 3.46. The van der Waals surface area contributed by atoms with Gasteiger partial charge in [0.2, 0.25) is 0 Å². The van der Waals surface area contributed by atoms with Crippen molar-refractivity contribution in [3.63, 3.8) is 0 Å². The number of hydrogen-bond donors (Lipinski definition) is 1. The largest absolute Gasteiger partial charge is 0.486 e. The summed E-state index contributed by atoms with van der Waals surface area (Å²) < 4.78 is 38.0. The van der Waals surface area contributed by atoms with Crippen LogP contribution in [0.2, 0.25) is 0 Å². The molecule has 21 heavy (non-hydrogen) atoms. The van der Waals surface area contributed by atoms with Crippen LogP contribution in [0.5, 0.6) is 11.5 Å². The lowest BCUT2D eigenvalue weighted by Crippen LogP contribution is -2.20. The highest BCUT2D eigenvalue weighted by Crippen LogP contribution is 2.34. The van der Waals surface area contributed by atoms with Crippen LogP contribution in [0.15, 0.2) is 36.4 Å². The van der Waals surface area contributed by atoms with Gasteiger partial charge in [0.1, 0.15) is 24.8 Å². The Balaban J connectivity index is 1.99. The fourth-order valence-corrected chi connectivity index (χ4v) is 2.48. The van der Waals surface area contributed by atoms with Gasteiger partial charge in [0.15, 0.2) is 11.5 Å². The quantitative estimate of drug-likeness (QED) is 0.943. The highest BCUT2D eigenvalue weighted by molar-refractivity contribution is 5.46. The van der Waals surface area contributed by atoms with Crippen molar-refractivity contribution in [2.24, 2.45) is 0 Å². The first kappa shape index (κ1) is 13.8. The molecule has 0 radical (unpaired) electrons. The van der Waals surface area contributed by atoms with Gasteiger partial charge in [0.05, 0.1) is 6.04 Å². The Morgan fingerprint density at radius 2 is 1.76 bits per heavy atom. The van der Waals surface area contributed by atoms with E-state index >= 15 is 0 Å². The Kier molecular flexibility index (Phi) is 3.75. The molecule has 3 rings (SSSR count). The molecule has 0 saturated heterocycles. The molecule has 2 aromatic carbocycles. The third kappa shape index (κ3) is 2.69. The summed E-state index contributed by atoms with van der Waals surface area (Å²) in [5.41, 5.74) is 1.21. The van der Waals surface area contributed by atoms with E-state index in [9.17, 15) is 8.78 Å². The van der Waals surface area contributed by atoms with Crippen molar-refractivity contribution < 1.29 is 18.3 Å². The Labute approximate surface area is 121 Å². The predicted molar refractivity (Wildman–Crippen MR) is 74.7 cm³/mol. The summed E-state index contributed by atoms with van der Waals surface area (Å²) in [4.78, 5) is 0. The molecule has 0 aliphatic carbocycles. The average Bonchev–Trinajstić information content (AvgIpc) is 2.50. The van der Waals surface area contributed by atoms with Crippen LogP contribution < -0.4 is 14.8 Å². The molecule has 1 unspecified atom stereocenters. The van der Waals surface area contributed by atoms with E-state index in [1.165, 1.54) is 12.1 Å². The van der Waals surface area contributed by atoms with Crippen LogP contribution in [-0.2, 0) is 0 Å². The van der Waals surface area contributed by atoms with E-state index in [1.54, 1.807) is 13.1 Å². The molecule has 0 bridgehead atoms. The van der Waals surface area contributed by atoms with E-state index in [2.05, 4.69) is 5.32 Å². The van der Waals surface area contributed by atoms with E-state index in [1.807, 2.05) is 12.1 Å². The molecule has 1 atom stereocenters. The first-order chi connectivity index (χ1) is 10.2. The minimum absolute atomic E-state index is 0.385. The smallest absolute Gasteiger partial charge is 0.161 e. The second kappa shape index (κ2) is 5.69. The van der Waals surface area contributed by atoms with Crippen molar-refractivity contribution in [2.45, 2.75) is 6.04 Å². The molecular weight excluding hydrogens is 276 g/mol. The molecule has 0 saturated carbocycles. The predicted octanol–water partition coefficient (Wildman–Crippen LogP) is 3.04. The minimum atomic E-state index is -0.590. The lowest BCUT2D eigenvalue weighted by molar-refractivity contribution is 0.171. The van der Waals surface area contributed by atoms with Crippen molar-refractivity contribution in [1.82, 2.24) is 5.32 Å². The molecule has 2 aromatic rings. The molecule has 110 valence electrons. The first-order valence-corrected chi connectivity index (χ1v) is 6.71. The molecular formula is C16H15F2NO2. The van der Waals surface area contributed by atoms with Crippen molar-refractivity contribution in [3.8, 4) is 11.5 Å². The molecule has 0 spiro atoms. The molecule has 1 N–H and O–H groups in total. The van der Waals surface area contributed by atoms with Gasteiger partial charge < -0.3 is 14.8 Å². The zero-order chi connectivity index (χ0) is 14.8. The third-order valence-electron chi connectivity index (χ3n) is 3.46. The molecule has 3 nitrogen and oxygen atoms in total. The summed E-state index contributed by atoms with van der Waals surface area (Å²) >= 11 is 0. The van der Waals surface area contributed by atoms with Crippen molar-refractivity contribution in [3.05, 3.63) is 59.2 Å². The van der Waals surface area contributed by atoms with Gasteiger partial charge in [-0.1, -0.05) is 12.1 Å². The van der Waals surface area contributed by atoms with Crippen LogP contribution in [0.1, 0.15) is 17.2 Å². The molecule has 5 heteroatoms. The minimum Gasteiger partial charge on any atom is -0.486 e. The van der Waals surface area contributed by atoms with Gasteiger partial charge in [-0.05, 0) is 30.8 Å². The maximum absolute atomic E-state index is 14.0. The molecule has 1 aliphatic heterocycles. The van der Waals surface area contributed by atoms with Crippen LogP contribution in [0.25, 0.3) is 0 Å². The number of fused-ring (bicyclic) bond motifs is 1. The number of halogens is 2. The molecule has 0 fully saturated rings. The summed E-state index contributed by atoms with van der Waals surface area (Å²) in [5.74, 6) is 0.151. The van der Waals surface area contributed by atoms with Crippen LogP contribution in [0, 0.1) is 11.6 Å². The number of nitrogens with one attached hydrogen (secondary N) is 1. The fraction of sp³-hybridized carbons (Fsp3) is 0.250. The first-order valence-electron chi connectivity index (χ1n) is 6.71. The van der Waals surface area contributed by atoms with Crippen molar-refractivity contribution in [2.75, 3.05) is 20.3 Å². The molecule has 0 amide bonds. The maximum Gasteiger partial charge on any atom is 0.161 e. The van der Waals surface area contributed by atoms with Gasteiger partial charge in [-0.15, -0.1) is 0 Å². The van der Waals surface area contributed by atoms with E-state index < -0.39 is 11.6 Å². The van der Waals surface area contributed by atoms with E-state index in [0.29, 0.717) is 30.3 Å². The lowest BCUT2D eigenvalue weighted by atomic mass is 9.97. The monoisotopic (exact) mass is 291 g/mol. The Morgan fingerprint density at radius 1 is 1.00 bits per heavy atom. The topological polar surface area (TPSA) is 30.5 Å². The van der Waals surface area contributed by atoms with E-state index in [-0.39, 0.29) is 6.04 Å². The molecule has 0 aromatic heterocycles. The average molecular weight is 291 g/mol. The van der Waals surface area contributed by atoms with Crippen LogP contribution in [0.4, 0.5) is 8.78 Å². The second-order valence-electron chi connectivity index (χ2n) is 4.79. The van der Waals surface area contributed by atoms with E-state index in [0.717, 1.165) is 11.6 Å². The standard InChI is InChI=1S/C16H15F2NO2/c1-19-16(12-4-3-11(17)9-13(12)18)10-2-5-14-15(8-10)21-7-6-20-14/h2-5,8-9,16,19H,6-7H2,1H3.